The van der Waals surface area contributed by atoms with E-state index < -0.39 is 39.6 Å². The average molecular weight is 462 g/mol. The lowest BCUT2D eigenvalue weighted by molar-refractivity contribution is -0.152. The normalized spacial score (nSPS) is 12.3. The fraction of sp³-hybridized carbons (Fsp3) is 0.182. The lowest BCUT2D eigenvalue weighted by Crippen LogP contribution is -2.32. The molecule has 0 aliphatic carbocycles. The van der Waals surface area contributed by atoms with Gasteiger partial charge >= 0.3 is 5.97 Å². The quantitative estimate of drug-likeness (QED) is 0.500. The van der Waals surface area contributed by atoms with E-state index in [1.807, 2.05) is 12.1 Å². The Bertz CT molecular complexity index is 1260. The zero-order chi connectivity index (χ0) is 23.3. The van der Waals surface area contributed by atoms with E-state index in [4.69, 9.17) is 4.74 Å². The van der Waals surface area contributed by atoms with E-state index in [0.717, 1.165) is 29.0 Å². The molecule has 1 amide bonds. The van der Waals surface area contributed by atoms with Crippen LogP contribution in [0.3, 0.4) is 0 Å². The highest BCUT2D eigenvalue weighted by atomic mass is 32.2. The third-order valence-corrected chi connectivity index (χ3v) is 5.97. The summed E-state index contributed by atoms with van der Waals surface area (Å²) in [4.78, 5) is 24.1. The molecule has 0 heterocycles. The molecule has 2 N–H and O–H groups in total. The van der Waals surface area contributed by atoms with Crippen LogP contribution in [0.5, 0.6) is 0 Å². The number of anilines is 1. The molecular formula is C22H20F2N2O5S. The molecule has 0 bridgehead atoms. The molecule has 0 saturated carbocycles. The van der Waals surface area contributed by atoms with Crippen LogP contribution in [0.1, 0.15) is 13.3 Å². The summed E-state index contributed by atoms with van der Waals surface area (Å²) in [5.41, 5.74) is -0.388. The largest absolute Gasteiger partial charge is 0.452 e. The van der Waals surface area contributed by atoms with Crippen LogP contribution < -0.4 is 10.0 Å². The van der Waals surface area contributed by atoms with E-state index in [9.17, 15) is 26.8 Å². The molecule has 0 radical (unpaired) electrons. The molecule has 0 aliphatic rings. The van der Waals surface area contributed by atoms with Gasteiger partial charge in [-0.3, -0.25) is 9.59 Å². The number of sulfonamides is 1. The van der Waals surface area contributed by atoms with Crippen molar-refractivity contribution in [3.8, 4) is 0 Å². The van der Waals surface area contributed by atoms with Crippen molar-refractivity contribution in [2.75, 3.05) is 11.9 Å². The first-order valence-corrected chi connectivity index (χ1v) is 11.1. The van der Waals surface area contributed by atoms with Crippen molar-refractivity contribution in [2.24, 2.45) is 0 Å². The van der Waals surface area contributed by atoms with Gasteiger partial charge in [0.1, 0.15) is 11.6 Å². The van der Waals surface area contributed by atoms with Crippen molar-refractivity contribution in [3.05, 3.63) is 72.3 Å². The lowest BCUT2D eigenvalue weighted by atomic mass is 10.1. The van der Waals surface area contributed by atoms with Gasteiger partial charge in [0, 0.05) is 12.6 Å². The predicted octanol–water partition coefficient (Wildman–Crippen LogP) is 3.36. The van der Waals surface area contributed by atoms with Gasteiger partial charge in [-0.15, -0.1) is 0 Å². The van der Waals surface area contributed by atoms with Crippen molar-refractivity contribution in [1.82, 2.24) is 4.72 Å². The van der Waals surface area contributed by atoms with Crippen LogP contribution in [0, 0.1) is 11.6 Å². The molecule has 3 aromatic carbocycles. The molecule has 0 spiro atoms. The molecule has 0 saturated heterocycles. The molecule has 3 aromatic rings. The van der Waals surface area contributed by atoms with E-state index >= 15 is 0 Å². The number of fused-ring (bicyclic) bond motifs is 1. The predicted molar refractivity (Wildman–Crippen MR) is 114 cm³/mol. The Labute approximate surface area is 183 Å². The summed E-state index contributed by atoms with van der Waals surface area (Å²) in [5.74, 6) is -3.29. The number of carbonyl (C=O) groups is 2. The maximum absolute atomic E-state index is 13.6. The number of amides is 1. The fourth-order valence-electron chi connectivity index (χ4n) is 2.84. The standard InChI is InChI=1S/C22H20F2N2O5S/c1-14(22(28)26-20-13-17(23)7-9-19(20)24)31-21(27)10-11-25-32(29,30)18-8-6-15-4-2-3-5-16(15)12-18/h2-9,12-14,25H,10-11H2,1H3,(H,26,28). The van der Waals surface area contributed by atoms with E-state index in [0.29, 0.717) is 0 Å². The molecule has 168 valence electrons. The lowest BCUT2D eigenvalue weighted by Gasteiger charge is -2.14. The highest BCUT2D eigenvalue weighted by Gasteiger charge is 2.20. The summed E-state index contributed by atoms with van der Waals surface area (Å²) in [7, 11) is -3.86. The first-order valence-electron chi connectivity index (χ1n) is 9.59. The van der Waals surface area contributed by atoms with Gasteiger partial charge in [0.15, 0.2) is 6.10 Å². The average Bonchev–Trinajstić information content (AvgIpc) is 2.75. The summed E-state index contributed by atoms with van der Waals surface area (Å²) in [6.07, 6.45) is -1.64. The van der Waals surface area contributed by atoms with Crippen molar-refractivity contribution in [3.63, 3.8) is 0 Å². The molecule has 0 aliphatic heterocycles. The number of esters is 1. The summed E-state index contributed by atoms with van der Waals surface area (Å²) < 4.78 is 58.9. The van der Waals surface area contributed by atoms with Crippen LogP contribution in [0.15, 0.2) is 65.6 Å². The molecule has 0 fully saturated rings. The summed E-state index contributed by atoms with van der Waals surface area (Å²) >= 11 is 0. The third-order valence-electron chi connectivity index (χ3n) is 4.52. The Balaban J connectivity index is 1.51. The van der Waals surface area contributed by atoms with E-state index in [1.165, 1.54) is 19.1 Å². The number of carbonyl (C=O) groups excluding carboxylic acids is 2. The highest BCUT2D eigenvalue weighted by molar-refractivity contribution is 7.89. The molecule has 1 atom stereocenters. The number of rotatable bonds is 8. The summed E-state index contributed by atoms with van der Waals surface area (Å²) in [6, 6.07) is 14.5. The van der Waals surface area contributed by atoms with Crippen LogP contribution in [-0.4, -0.2) is 32.9 Å². The minimum Gasteiger partial charge on any atom is -0.452 e. The van der Waals surface area contributed by atoms with E-state index in [2.05, 4.69) is 10.0 Å². The molecular weight excluding hydrogens is 442 g/mol. The van der Waals surface area contributed by atoms with Gasteiger partial charge in [0.25, 0.3) is 5.91 Å². The van der Waals surface area contributed by atoms with Gasteiger partial charge in [-0.2, -0.15) is 0 Å². The van der Waals surface area contributed by atoms with Crippen LogP contribution in [-0.2, 0) is 24.3 Å². The fourth-order valence-corrected chi connectivity index (χ4v) is 3.91. The Morgan fingerprint density at radius 1 is 1.00 bits per heavy atom. The van der Waals surface area contributed by atoms with E-state index in [-0.39, 0.29) is 23.5 Å². The van der Waals surface area contributed by atoms with Crippen LogP contribution in [0.2, 0.25) is 0 Å². The second kappa shape index (κ2) is 9.84. The summed E-state index contributed by atoms with van der Waals surface area (Å²) in [5, 5.41) is 3.77. The first-order chi connectivity index (χ1) is 15.2. The number of hydrogen-bond donors (Lipinski definition) is 2. The van der Waals surface area contributed by atoms with Crippen molar-refractivity contribution < 1.29 is 31.5 Å². The Hall–Kier alpha value is -3.37. The van der Waals surface area contributed by atoms with E-state index in [1.54, 1.807) is 18.2 Å². The molecule has 1 unspecified atom stereocenters. The summed E-state index contributed by atoms with van der Waals surface area (Å²) in [6.45, 7) is 1.00. The highest BCUT2D eigenvalue weighted by Crippen LogP contribution is 2.19. The van der Waals surface area contributed by atoms with Crippen LogP contribution in [0.25, 0.3) is 10.8 Å². The SMILES string of the molecule is CC(OC(=O)CCNS(=O)(=O)c1ccc2ccccc2c1)C(=O)Nc1cc(F)ccc1F. The molecule has 32 heavy (non-hydrogen) atoms. The van der Waals surface area contributed by atoms with Gasteiger partial charge < -0.3 is 10.1 Å². The monoisotopic (exact) mass is 462 g/mol. The third kappa shape index (κ3) is 5.86. The minimum absolute atomic E-state index is 0.0504. The molecule has 3 rings (SSSR count). The zero-order valence-corrected chi connectivity index (χ0v) is 17.8. The number of benzene rings is 3. The van der Waals surface area contributed by atoms with Crippen LogP contribution in [0.4, 0.5) is 14.5 Å². The molecule has 10 heteroatoms. The van der Waals surface area contributed by atoms with Gasteiger partial charge in [-0.25, -0.2) is 21.9 Å². The maximum Gasteiger partial charge on any atom is 0.307 e. The smallest absolute Gasteiger partial charge is 0.307 e. The Morgan fingerprint density at radius 2 is 1.72 bits per heavy atom. The number of halogens is 2. The topological polar surface area (TPSA) is 102 Å². The molecule has 7 nitrogen and oxygen atoms in total. The van der Waals surface area contributed by atoms with Crippen molar-refractivity contribution >= 4 is 38.4 Å². The first kappa shape index (κ1) is 23.3. The second-order valence-electron chi connectivity index (χ2n) is 6.90. The number of nitrogens with one attached hydrogen (secondary N) is 2. The van der Waals surface area contributed by atoms with Gasteiger partial charge in [-0.1, -0.05) is 30.3 Å². The number of hydrogen-bond acceptors (Lipinski definition) is 5. The van der Waals surface area contributed by atoms with Crippen LogP contribution >= 0.6 is 0 Å². The van der Waals surface area contributed by atoms with Gasteiger partial charge in [-0.05, 0) is 42.0 Å². The minimum atomic E-state index is -3.86. The zero-order valence-electron chi connectivity index (χ0n) is 17.0. The molecule has 0 aromatic heterocycles. The van der Waals surface area contributed by atoms with Crippen molar-refractivity contribution in [2.45, 2.75) is 24.3 Å². The van der Waals surface area contributed by atoms with Crippen molar-refractivity contribution in [1.29, 1.82) is 0 Å². The van der Waals surface area contributed by atoms with Gasteiger partial charge in [0.2, 0.25) is 10.0 Å². The Morgan fingerprint density at radius 3 is 2.47 bits per heavy atom. The van der Waals surface area contributed by atoms with Gasteiger partial charge in [0.05, 0.1) is 17.0 Å². The second-order valence-corrected chi connectivity index (χ2v) is 8.67. The maximum atomic E-state index is 13.6. The number of ether oxygens (including phenoxy) is 1. The Kier molecular flexibility index (Phi) is 7.16.